The summed E-state index contributed by atoms with van der Waals surface area (Å²) in [7, 11) is 1.70. The Labute approximate surface area is 119 Å². The lowest BCUT2D eigenvalue weighted by molar-refractivity contribution is 0.185. The van der Waals surface area contributed by atoms with Crippen LogP contribution in [-0.2, 0) is 11.3 Å². The highest BCUT2D eigenvalue weighted by Crippen LogP contribution is 2.29. The number of halogens is 1. The van der Waals surface area contributed by atoms with Gasteiger partial charge in [0.05, 0.1) is 12.6 Å². The van der Waals surface area contributed by atoms with Crippen molar-refractivity contribution >= 4 is 33.0 Å². The van der Waals surface area contributed by atoms with Crippen molar-refractivity contribution in [3.05, 3.63) is 44.8 Å². The molecule has 1 N–H and O–H groups in total. The van der Waals surface area contributed by atoms with Gasteiger partial charge in [-0.2, -0.15) is 0 Å². The van der Waals surface area contributed by atoms with E-state index in [0.29, 0.717) is 6.61 Å². The summed E-state index contributed by atoms with van der Waals surface area (Å²) in [6.45, 7) is 2.69. The Kier molecular flexibility index (Phi) is 4.74. The summed E-state index contributed by atoms with van der Waals surface area (Å²) in [5.41, 5.74) is 2.21. The average Bonchev–Trinajstić information content (AvgIpc) is 2.87. The summed E-state index contributed by atoms with van der Waals surface area (Å²) in [5.74, 6) is 0. The van der Waals surface area contributed by atoms with Crippen LogP contribution in [0, 0.1) is 0 Å². The maximum atomic E-state index is 5.24. The summed E-state index contributed by atoms with van der Waals surface area (Å²) in [6, 6.07) is 6.28. The topological polar surface area (TPSA) is 34.1 Å². The minimum atomic E-state index is 0.190. The zero-order valence-corrected chi connectivity index (χ0v) is 12.7. The quantitative estimate of drug-likeness (QED) is 0.892. The number of anilines is 1. The summed E-state index contributed by atoms with van der Waals surface area (Å²) >= 11 is 5.21. The number of benzene rings is 1. The molecule has 0 saturated heterocycles. The zero-order valence-electron chi connectivity index (χ0n) is 10.3. The Bertz CT molecular complexity index is 502. The molecule has 3 nitrogen and oxygen atoms in total. The highest BCUT2D eigenvalue weighted by molar-refractivity contribution is 9.10. The smallest absolute Gasteiger partial charge is 0.115 e. The van der Waals surface area contributed by atoms with Crippen LogP contribution < -0.4 is 5.32 Å². The SMILES string of the molecule is COCc1c(Br)cccc1NC(C)c1nccs1. The lowest BCUT2D eigenvalue weighted by Gasteiger charge is -2.17. The number of rotatable bonds is 5. The molecule has 1 aromatic carbocycles. The van der Waals surface area contributed by atoms with E-state index in [4.69, 9.17) is 4.74 Å². The molecule has 1 heterocycles. The molecule has 2 rings (SSSR count). The van der Waals surface area contributed by atoms with Crippen LogP contribution >= 0.6 is 27.3 Å². The maximum absolute atomic E-state index is 5.24. The lowest BCUT2D eigenvalue weighted by Crippen LogP contribution is -2.08. The molecule has 0 radical (unpaired) electrons. The maximum Gasteiger partial charge on any atom is 0.115 e. The number of methoxy groups -OCH3 is 1. The van der Waals surface area contributed by atoms with Gasteiger partial charge < -0.3 is 10.1 Å². The minimum absolute atomic E-state index is 0.190. The molecule has 18 heavy (non-hydrogen) atoms. The Morgan fingerprint density at radius 1 is 1.50 bits per heavy atom. The van der Waals surface area contributed by atoms with Crippen LogP contribution in [0.25, 0.3) is 0 Å². The fraction of sp³-hybridized carbons (Fsp3) is 0.308. The van der Waals surface area contributed by atoms with E-state index in [0.717, 1.165) is 20.7 Å². The Balaban J connectivity index is 2.20. The molecule has 0 saturated carbocycles. The van der Waals surface area contributed by atoms with Crippen LogP contribution in [0.4, 0.5) is 5.69 Å². The molecule has 1 aromatic heterocycles. The standard InChI is InChI=1S/C13H15BrN2OS/c1-9(13-15-6-7-18-13)16-12-5-3-4-11(14)10(12)8-17-2/h3-7,9,16H,8H2,1-2H3. The van der Waals surface area contributed by atoms with Gasteiger partial charge in [-0.05, 0) is 19.1 Å². The molecule has 0 bridgehead atoms. The molecule has 2 aromatic rings. The van der Waals surface area contributed by atoms with E-state index in [1.165, 1.54) is 0 Å². The number of nitrogens with zero attached hydrogens (tertiary/aromatic N) is 1. The van der Waals surface area contributed by atoms with Gasteiger partial charge in [-0.25, -0.2) is 4.98 Å². The van der Waals surface area contributed by atoms with Gasteiger partial charge in [0.15, 0.2) is 0 Å². The number of nitrogens with one attached hydrogen (secondary N) is 1. The van der Waals surface area contributed by atoms with Crippen molar-refractivity contribution < 1.29 is 4.74 Å². The molecule has 96 valence electrons. The fourth-order valence-electron chi connectivity index (χ4n) is 1.73. The predicted molar refractivity (Wildman–Crippen MR) is 79.0 cm³/mol. The molecule has 1 atom stereocenters. The molecule has 0 spiro atoms. The number of hydrogen-bond donors (Lipinski definition) is 1. The van der Waals surface area contributed by atoms with Gasteiger partial charge in [-0.1, -0.05) is 22.0 Å². The van der Waals surface area contributed by atoms with Crippen molar-refractivity contribution in [1.82, 2.24) is 4.98 Å². The summed E-state index contributed by atoms with van der Waals surface area (Å²) in [5, 5.41) is 6.55. The average molecular weight is 327 g/mol. The number of ether oxygens (including phenoxy) is 1. The number of aromatic nitrogens is 1. The number of hydrogen-bond acceptors (Lipinski definition) is 4. The Morgan fingerprint density at radius 3 is 3.00 bits per heavy atom. The lowest BCUT2D eigenvalue weighted by atomic mass is 10.1. The normalized spacial score (nSPS) is 12.4. The van der Waals surface area contributed by atoms with E-state index < -0.39 is 0 Å². The highest BCUT2D eigenvalue weighted by Gasteiger charge is 2.12. The third-order valence-corrected chi connectivity index (χ3v) is 4.30. The highest BCUT2D eigenvalue weighted by atomic mass is 79.9. The first-order valence-electron chi connectivity index (χ1n) is 5.64. The molecule has 0 aliphatic carbocycles. The minimum Gasteiger partial charge on any atom is -0.380 e. The molecular weight excluding hydrogens is 312 g/mol. The van der Waals surface area contributed by atoms with Crippen molar-refractivity contribution in [1.29, 1.82) is 0 Å². The van der Waals surface area contributed by atoms with E-state index in [9.17, 15) is 0 Å². The molecule has 5 heteroatoms. The Hall–Kier alpha value is -0.910. The third-order valence-electron chi connectivity index (χ3n) is 2.60. The van der Waals surface area contributed by atoms with E-state index in [-0.39, 0.29) is 6.04 Å². The first kappa shape index (κ1) is 13.5. The molecule has 1 unspecified atom stereocenters. The van der Waals surface area contributed by atoms with Crippen LogP contribution in [0.3, 0.4) is 0 Å². The second-order valence-corrected chi connectivity index (χ2v) is 5.72. The number of thiazole rings is 1. The van der Waals surface area contributed by atoms with Gasteiger partial charge >= 0.3 is 0 Å². The van der Waals surface area contributed by atoms with Gasteiger partial charge in [-0.15, -0.1) is 11.3 Å². The van der Waals surface area contributed by atoms with Crippen molar-refractivity contribution in [2.24, 2.45) is 0 Å². The molecule has 0 aliphatic rings. The van der Waals surface area contributed by atoms with Crippen LogP contribution in [0.15, 0.2) is 34.2 Å². The van der Waals surface area contributed by atoms with Crippen molar-refractivity contribution in [2.75, 3.05) is 12.4 Å². The zero-order chi connectivity index (χ0) is 13.0. The van der Waals surface area contributed by atoms with Gasteiger partial charge in [0, 0.05) is 34.4 Å². The van der Waals surface area contributed by atoms with Crippen molar-refractivity contribution in [3.8, 4) is 0 Å². The summed E-state index contributed by atoms with van der Waals surface area (Å²) < 4.78 is 6.29. The van der Waals surface area contributed by atoms with Gasteiger partial charge in [0.2, 0.25) is 0 Å². The van der Waals surface area contributed by atoms with Crippen molar-refractivity contribution in [3.63, 3.8) is 0 Å². The van der Waals surface area contributed by atoms with Crippen LogP contribution in [0.2, 0.25) is 0 Å². The molecule has 0 fully saturated rings. The first-order valence-corrected chi connectivity index (χ1v) is 7.32. The van der Waals surface area contributed by atoms with Gasteiger partial charge in [0.1, 0.15) is 5.01 Å². The second kappa shape index (κ2) is 6.31. The molecule has 0 amide bonds. The predicted octanol–water partition coefficient (Wildman–Crippen LogP) is 4.23. The van der Waals surface area contributed by atoms with Gasteiger partial charge in [-0.3, -0.25) is 0 Å². The van der Waals surface area contributed by atoms with E-state index in [1.807, 2.05) is 23.7 Å². The van der Waals surface area contributed by atoms with Crippen molar-refractivity contribution in [2.45, 2.75) is 19.6 Å². The van der Waals surface area contributed by atoms with E-state index in [2.05, 4.69) is 39.2 Å². The largest absolute Gasteiger partial charge is 0.380 e. The first-order chi connectivity index (χ1) is 8.72. The van der Waals surface area contributed by atoms with E-state index >= 15 is 0 Å². The third kappa shape index (κ3) is 3.10. The Morgan fingerprint density at radius 2 is 2.33 bits per heavy atom. The van der Waals surface area contributed by atoms with Crippen LogP contribution in [0.5, 0.6) is 0 Å². The van der Waals surface area contributed by atoms with Gasteiger partial charge in [0.25, 0.3) is 0 Å². The van der Waals surface area contributed by atoms with Crippen LogP contribution in [0.1, 0.15) is 23.5 Å². The molecule has 0 aliphatic heterocycles. The fourth-order valence-corrected chi connectivity index (χ4v) is 2.85. The summed E-state index contributed by atoms with van der Waals surface area (Å²) in [6.07, 6.45) is 1.83. The van der Waals surface area contributed by atoms with E-state index in [1.54, 1.807) is 18.4 Å². The van der Waals surface area contributed by atoms with Crippen LogP contribution in [-0.4, -0.2) is 12.1 Å². The second-order valence-electron chi connectivity index (χ2n) is 3.94. The monoisotopic (exact) mass is 326 g/mol. The molecular formula is C13H15BrN2OS. The summed E-state index contributed by atoms with van der Waals surface area (Å²) in [4.78, 5) is 4.32.